The van der Waals surface area contributed by atoms with Crippen molar-refractivity contribution in [3.05, 3.63) is 0 Å². The van der Waals surface area contributed by atoms with Gasteiger partial charge in [-0.3, -0.25) is 4.79 Å². The van der Waals surface area contributed by atoms with E-state index >= 15 is 0 Å². The molecule has 0 unspecified atom stereocenters. The average Bonchev–Trinajstić information content (AvgIpc) is 2.70. The lowest BCUT2D eigenvalue weighted by atomic mass is 10.1. The van der Waals surface area contributed by atoms with Crippen molar-refractivity contribution in [1.29, 1.82) is 0 Å². The Morgan fingerprint density at radius 2 is 0.714 bits per heavy atom. The number of unbranched alkanes of at least 4 members (excludes halogenated alkanes) is 12. The van der Waals surface area contributed by atoms with E-state index in [0.717, 1.165) is 0 Å². The second-order valence-electron chi connectivity index (χ2n) is 8.58. The van der Waals surface area contributed by atoms with Gasteiger partial charge in [0.15, 0.2) is 0 Å². The molecule has 0 aliphatic heterocycles. The molecule has 0 radical (unpaired) electrons. The first-order chi connectivity index (χ1) is 13.7. The molecule has 28 heavy (non-hydrogen) atoms. The predicted molar refractivity (Wildman–Crippen MR) is 125 cm³/mol. The Kier molecular flexibility index (Phi) is 25.9. The minimum absolute atomic E-state index is 0.250. The first-order valence-corrected chi connectivity index (χ1v) is 12.6. The van der Waals surface area contributed by atoms with E-state index in [4.69, 9.17) is 9.90 Å². The number of carboxylic acid groups (broad SMARTS) is 1. The van der Waals surface area contributed by atoms with Crippen LogP contribution in [0.3, 0.4) is 0 Å². The highest BCUT2D eigenvalue weighted by Gasteiger charge is 2.25. The monoisotopic (exact) mass is 400 g/mol. The SMILES string of the molecule is CCCCCC[N+](CCCCCC)(CCCCCC)CCCCCC.O=CO. The van der Waals surface area contributed by atoms with Crippen LogP contribution >= 0.6 is 0 Å². The van der Waals surface area contributed by atoms with Crippen molar-refractivity contribution < 1.29 is 14.4 Å². The Morgan fingerprint density at radius 1 is 0.500 bits per heavy atom. The van der Waals surface area contributed by atoms with E-state index in [1.807, 2.05) is 0 Å². The standard InChI is InChI=1S/C24H52N.CH2O2/c1-5-9-13-17-21-25(22-18-14-10-6-2,23-19-15-11-7-3)24-20-16-12-8-4;2-1-3/h5-24H2,1-4H3;1H,(H,2,3)/q+1;. The summed E-state index contributed by atoms with van der Waals surface area (Å²) >= 11 is 0. The largest absolute Gasteiger partial charge is 0.483 e. The van der Waals surface area contributed by atoms with Crippen LogP contribution in [0, 0.1) is 0 Å². The number of quaternary nitrogens is 1. The van der Waals surface area contributed by atoms with Gasteiger partial charge < -0.3 is 9.59 Å². The molecular weight excluding hydrogens is 346 g/mol. The molecule has 0 aromatic heterocycles. The van der Waals surface area contributed by atoms with Crippen LogP contribution in [0.2, 0.25) is 0 Å². The predicted octanol–water partition coefficient (Wildman–Crippen LogP) is 7.83. The van der Waals surface area contributed by atoms with Crippen molar-refractivity contribution in [2.75, 3.05) is 26.2 Å². The van der Waals surface area contributed by atoms with Gasteiger partial charge in [0.2, 0.25) is 0 Å². The van der Waals surface area contributed by atoms with E-state index in [1.54, 1.807) is 0 Å². The number of rotatable bonds is 20. The average molecular weight is 401 g/mol. The maximum Gasteiger partial charge on any atom is 0.290 e. The summed E-state index contributed by atoms with van der Waals surface area (Å²) in [4.78, 5) is 8.36. The van der Waals surface area contributed by atoms with Gasteiger partial charge in [0.05, 0.1) is 26.2 Å². The molecule has 0 aliphatic carbocycles. The highest BCUT2D eigenvalue weighted by Crippen LogP contribution is 2.19. The molecule has 0 aliphatic rings. The van der Waals surface area contributed by atoms with E-state index < -0.39 is 0 Å². The zero-order valence-electron chi connectivity index (χ0n) is 20.0. The smallest absolute Gasteiger partial charge is 0.290 e. The van der Waals surface area contributed by atoms with Gasteiger partial charge in [-0.1, -0.05) is 79.1 Å². The summed E-state index contributed by atoms with van der Waals surface area (Å²) in [5, 5.41) is 6.89. The second-order valence-corrected chi connectivity index (χ2v) is 8.58. The van der Waals surface area contributed by atoms with Gasteiger partial charge in [-0.25, -0.2) is 0 Å². The molecule has 0 heterocycles. The first-order valence-electron chi connectivity index (χ1n) is 12.6. The van der Waals surface area contributed by atoms with Gasteiger partial charge in [0.25, 0.3) is 6.47 Å². The third-order valence-electron chi connectivity index (χ3n) is 5.94. The molecular formula is C25H54NO2+. The van der Waals surface area contributed by atoms with Gasteiger partial charge in [0.1, 0.15) is 0 Å². The fourth-order valence-corrected chi connectivity index (χ4v) is 4.17. The summed E-state index contributed by atoms with van der Waals surface area (Å²) in [6.07, 6.45) is 22.8. The van der Waals surface area contributed by atoms with E-state index in [1.165, 1.54) is 133 Å². The van der Waals surface area contributed by atoms with Crippen LogP contribution in [-0.2, 0) is 4.79 Å². The molecule has 0 fully saturated rings. The Balaban J connectivity index is 0. The molecule has 1 N–H and O–H groups in total. The molecule has 0 spiro atoms. The van der Waals surface area contributed by atoms with Crippen LogP contribution in [0.25, 0.3) is 0 Å². The molecule has 0 bridgehead atoms. The fraction of sp³-hybridized carbons (Fsp3) is 0.960. The third kappa shape index (κ3) is 20.2. The topological polar surface area (TPSA) is 37.3 Å². The van der Waals surface area contributed by atoms with Crippen molar-refractivity contribution in [3.63, 3.8) is 0 Å². The molecule has 3 heteroatoms. The zero-order valence-corrected chi connectivity index (χ0v) is 20.0. The minimum Gasteiger partial charge on any atom is -0.483 e. The molecule has 170 valence electrons. The van der Waals surface area contributed by atoms with E-state index in [9.17, 15) is 0 Å². The lowest BCUT2D eigenvalue weighted by Crippen LogP contribution is -2.50. The van der Waals surface area contributed by atoms with Crippen molar-refractivity contribution in [1.82, 2.24) is 0 Å². The highest BCUT2D eigenvalue weighted by atomic mass is 16.3. The van der Waals surface area contributed by atoms with Crippen LogP contribution in [0.1, 0.15) is 130 Å². The molecule has 0 amide bonds. The normalized spacial score (nSPS) is 11.1. The van der Waals surface area contributed by atoms with E-state index in [0.29, 0.717) is 0 Å². The maximum atomic E-state index is 8.36. The summed E-state index contributed by atoms with van der Waals surface area (Å²) in [7, 11) is 0. The van der Waals surface area contributed by atoms with Crippen molar-refractivity contribution in [2.45, 2.75) is 130 Å². The van der Waals surface area contributed by atoms with Crippen LogP contribution in [0.15, 0.2) is 0 Å². The Bertz CT molecular complexity index is 241. The molecule has 0 rings (SSSR count). The third-order valence-corrected chi connectivity index (χ3v) is 5.94. The van der Waals surface area contributed by atoms with Crippen LogP contribution in [-0.4, -0.2) is 42.2 Å². The summed E-state index contributed by atoms with van der Waals surface area (Å²) in [6.45, 7) is 14.9. The van der Waals surface area contributed by atoms with Crippen molar-refractivity contribution in [2.24, 2.45) is 0 Å². The molecule has 0 aromatic rings. The number of hydrogen-bond acceptors (Lipinski definition) is 1. The summed E-state index contributed by atoms with van der Waals surface area (Å²) in [5.74, 6) is 0. The van der Waals surface area contributed by atoms with Gasteiger partial charge in [-0.05, 0) is 51.4 Å². The van der Waals surface area contributed by atoms with Crippen molar-refractivity contribution >= 4 is 6.47 Å². The minimum atomic E-state index is -0.250. The molecule has 0 atom stereocenters. The molecule has 0 saturated heterocycles. The number of carbonyl (C=O) groups is 1. The van der Waals surface area contributed by atoms with E-state index in [2.05, 4.69) is 27.7 Å². The fourth-order valence-electron chi connectivity index (χ4n) is 4.17. The molecule has 3 nitrogen and oxygen atoms in total. The van der Waals surface area contributed by atoms with Gasteiger partial charge in [-0.2, -0.15) is 0 Å². The lowest BCUT2D eigenvalue weighted by molar-refractivity contribution is -0.929. The number of nitrogens with zero attached hydrogens (tertiary/aromatic N) is 1. The molecule has 0 saturated carbocycles. The van der Waals surface area contributed by atoms with E-state index in [-0.39, 0.29) is 6.47 Å². The number of hydrogen-bond donors (Lipinski definition) is 1. The first kappa shape index (κ1) is 29.6. The summed E-state index contributed by atoms with van der Waals surface area (Å²) < 4.78 is 1.46. The summed E-state index contributed by atoms with van der Waals surface area (Å²) in [6, 6.07) is 0. The van der Waals surface area contributed by atoms with Gasteiger partial charge >= 0.3 is 0 Å². The molecule has 0 aromatic carbocycles. The lowest BCUT2D eigenvalue weighted by Gasteiger charge is -2.39. The Morgan fingerprint density at radius 3 is 0.893 bits per heavy atom. The summed E-state index contributed by atoms with van der Waals surface area (Å²) in [5.41, 5.74) is 0. The zero-order chi connectivity index (χ0) is 21.3. The maximum absolute atomic E-state index is 8.36. The van der Waals surface area contributed by atoms with Crippen LogP contribution in [0.4, 0.5) is 0 Å². The van der Waals surface area contributed by atoms with Crippen LogP contribution < -0.4 is 0 Å². The van der Waals surface area contributed by atoms with Crippen molar-refractivity contribution in [3.8, 4) is 0 Å². The highest BCUT2D eigenvalue weighted by molar-refractivity contribution is 5.32. The van der Waals surface area contributed by atoms with Gasteiger partial charge in [0, 0.05) is 0 Å². The Hall–Kier alpha value is -0.570. The quantitative estimate of drug-likeness (QED) is 0.128. The Labute approximate surface area is 177 Å². The van der Waals surface area contributed by atoms with Crippen LogP contribution in [0.5, 0.6) is 0 Å². The van der Waals surface area contributed by atoms with Gasteiger partial charge in [-0.15, -0.1) is 0 Å². The second kappa shape index (κ2) is 24.5.